The Morgan fingerprint density at radius 1 is 0.871 bits per heavy atom. The van der Waals surface area contributed by atoms with Crippen LogP contribution in [0.1, 0.15) is 12.8 Å². The van der Waals surface area contributed by atoms with E-state index in [1.54, 1.807) is 11.8 Å². The number of carbonyl (C=O) groups excluding carboxylic acids is 2. The number of anilines is 1. The Labute approximate surface area is 187 Å². The molecule has 0 unspecified atom stereocenters. The molecule has 0 saturated carbocycles. The molecule has 0 bridgehead atoms. The number of carbonyl (C=O) groups is 2. The predicted octanol–water partition coefficient (Wildman–Crippen LogP) is 4.15. The molecule has 4 rings (SSSR count). The summed E-state index contributed by atoms with van der Waals surface area (Å²) in [5, 5.41) is 8.48. The zero-order chi connectivity index (χ0) is 21.5. The molecular weight excluding hydrogens is 406 g/mol. The van der Waals surface area contributed by atoms with Crippen LogP contribution in [-0.2, 0) is 9.59 Å². The molecule has 3 aromatic carbocycles. The molecule has 0 radical (unpaired) electrons. The minimum Gasteiger partial charge on any atom is -0.353 e. The lowest BCUT2D eigenvalue weighted by Crippen LogP contribution is -2.47. The number of hydrogen-bond donors (Lipinski definition) is 2. The van der Waals surface area contributed by atoms with Crippen LogP contribution >= 0.6 is 11.8 Å². The first-order valence-corrected chi connectivity index (χ1v) is 11.6. The Morgan fingerprint density at radius 2 is 1.58 bits per heavy atom. The Kier molecular flexibility index (Phi) is 7.22. The first kappa shape index (κ1) is 21.4. The molecule has 0 aromatic heterocycles. The highest BCUT2D eigenvalue weighted by atomic mass is 32.2. The van der Waals surface area contributed by atoms with E-state index in [4.69, 9.17) is 0 Å². The maximum absolute atomic E-state index is 12.4. The van der Waals surface area contributed by atoms with Gasteiger partial charge in [-0.1, -0.05) is 48.5 Å². The standard InChI is InChI=1S/C25H27N3O2S/c29-24(26-21-8-2-1-3-9-21)17-28-14-12-22(13-15-28)27-25(30)18-31-23-11-10-19-6-4-5-7-20(19)16-23/h1-11,16,22H,12-15,17-18H2,(H,26,29)(H,27,30). The lowest BCUT2D eigenvalue weighted by Gasteiger charge is -2.31. The monoisotopic (exact) mass is 433 g/mol. The van der Waals surface area contributed by atoms with Crippen LogP contribution in [0.5, 0.6) is 0 Å². The minimum atomic E-state index is 0.000436. The second-order valence-electron chi connectivity index (χ2n) is 7.83. The normalized spacial score (nSPS) is 15.0. The van der Waals surface area contributed by atoms with Gasteiger partial charge in [-0.15, -0.1) is 11.8 Å². The number of benzene rings is 3. The van der Waals surface area contributed by atoms with Crippen molar-refractivity contribution in [2.75, 3.05) is 30.7 Å². The molecule has 160 valence electrons. The third-order valence-electron chi connectivity index (χ3n) is 5.47. The van der Waals surface area contributed by atoms with Crippen molar-refractivity contribution in [2.24, 2.45) is 0 Å². The second kappa shape index (κ2) is 10.5. The summed E-state index contributed by atoms with van der Waals surface area (Å²) in [5.74, 6) is 0.483. The fourth-order valence-corrected chi connectivity index (χ4v) is 4.59. The second-order valence-corrected chi connectivity index (χ2v) is 8.88. The van der Waals surface area contributed by atoms with E-state index in [1.807, 2.05) is 42.5 Å². The molecule has 1 fully saturated rings. The summed E-state index contributed by atoms with van der Waals surface area (Å²) in [6.45, 7) is 2.00. The van der Waals surface area contributed by atoms with Crippen LogP contribution in [0.2, 0.25) is 0 Å². The lowest BCUT2D eigenvalue weighted by molar-refractivity contribution is -0.120. The van der Waals surface area contributed by atoms with Gasteiger partial charge in [0.1, 0.15) is 0 Å². The van der Waals surface area contributed by atoms with E-state index >= 15 is 0 Å². The molecule has 0 spiro atoms. The number of amides is 2. The smallest absolute Gasteiger partial charge is 0.238 e. The van der Waals surface area contributed by atoms with Gasteiger partial charge in [0.2, 0.25) is 11.8 Å². The number of nitrogens with one attached hydrogen (secondary N) is 2. The molecule has 6 heteroatoms. The quantitative estimate of drug-likeness (QED) is 0.550. The molecule has 1 heterocycles. The third-order valence-corrected chi connectivity index (χ3v) is 6.46. The van der Waals surface area contributed by atoms with Crippen molar-refractivity contribution in [3.05, 3.63) is 72.8 Å². The van der Waals surface area contributed by atoms with Crippen molar-refractivity contribution in [1.29, 1.82) is 0 Å². The van der Waals surface area contributed by atoms with Gasteiger partial charge in [-0.25, -0.2) is 0 Å². The van der Waals surface area contributed by atoms with Crippen LogP contribution < -0.4 is 10.6 Å². The number of thioether (sulfide) groups is 1. The van der Waals surface area contributed by atoms with Crippen molar-refractivity contribution >= 4 is 40.0 Å². The van der Waals surface area contributed by atoms with E-state index in [9.17, 15) is 9.59 Å². The highest BCUT2D eigenvalue weighted by Gasteiger charge is 2.22. The van der Waals surface area contributed by atoms with Crippen LogP contribution in [0.25, 0.3) is 10.8 Å². The molecule has 2 amide bonds. The maximum atomic E-state index is 12.4. The van der Waals surface area contributed by atoms with Gasteiger partial charge in [0, 0.05) is 29.7 Å². The van der Waals surface area contributed by atoms with Gasteiger partial charge in [-0.3, -0.25) is 14.5 Å². The number of hydrogen-bond acceptors (Lipinski definition) is 4. The molecule has 3 aromatic rings. The van der Waals surface area contributed by atoms with E-state index in [2.05, 4.69) is 45.9 Å². The summed E-state index contributed by atoms with van der Waals surface area (Å²) in [4.78, 5) is 27.9. The average Bonchev–Trinajstić information content (AvgIpc) is 2.79. The van der Waals surface area contributed by atoms with Crippen molar-refractivity contribution in [3.8, 4) is 0 Å². The van der Waals surface area contributed by atoms with E-state index in [0.29, 0.717) is 12.3 Å². The molecule has 31 heavy (non-hydrogen) atoms. The number of para-hydroxylation sites is 1. The fourth-order valence-electron chi connectivity index (χ4n) is 3.84. The first-order chi connectivity index (χ1) is 15.2. The van der Waals surface area contributed by atoms with Gasteiger partial charge in [0.05, 0.1) is 12.3 Å². The van der Waals surface area contributed by atoms with Crippen molar-refractivity contribution in [3.63, 3.8) is 0 Å². The number of rotatable bonds is 7. The van der Waals surface area contributed by atoms with Crippen molar-refractivity contribution in [1.82, 2.24) is 10.2 Å². The zero-order valence-corrected chi connectivity index (χ0v) is 18.2. The molecule has 0 atom stereocenters. The van der Waals surface area contributed by atoms with Gasteiger partial charge >= 0.3 is 0 Å². The van der Waals surface area contributed by atoms with Gasteiger partial charge in [0.15, 0.2) is 0 Å². The predicted molar refractivity (Wildman–Crippen MR) is 127 cm³/mol. The molecule has 5 nitrogen and oxygen atoms in total. The molecule has 2 N–H and O–H groups in total. The molecule has 1 aliphatic rings. The Hall–Kier alpha value is -2.83. The van der Waals surface area contributed by atoms with Gasteiger partial charge < -0.3 is 10.6 Å². The van der Waals surface area contributed by atoms with Crippen LogP contribution in [-0.4, -0.2) is 48.1 Å². The van der Waals surface area contributed by atoms with Crippen molar-refractivity contribution < 1.29 is 9.59 Å². The van der Waals surface area contributed by atoms with Crippen LogP contribution in [0, 0.1) is 0 Å². The van der Waals surface area contributed by atoms with E-state index in [0.717, 1.165) is 36.5 Å². The third kappa shape index (κ3) is 6.32. The van der Waals surface area contributed by atoms with Crippen molar-refractivity contribution in [2.45, 2.75) is 23.8 Å². The van der Waals surface area contributed by atoms with E-state index in [-0.39, 0.29) is 17.9 Å². The summed E-state index contributed by atoms with van der Waals surface area (Å²) in [6, 6.07) is 24.2. The molecule has 1 aliphatic heterocycles. The fraction of sp³-hybridized carbons (Fsp3) is 0.280. The lowest BCUT2D eigenvalue weighted by atomic mass is 10.1. The summed E-state index contributed by atoms with van der Waals surface area (Å²) < 4.78 is 0. The van der Waals surface area contributed by atoms with E-state index < -0.39 is 0 Å². The molecule has 0 aliphatic carbocycles. The van der Waals surface area contributed by atoms with E-state index in [1.165, 1.54) is 10.8 Å². The van der Waals surface area contributed by atoms with Gasteiger partial charge in [-0.05, 0) is 47.9 Å². The van der Waals surface area contributed by atoms with Gasteiger partial charge in [0.25, 0.3) is 0 Å². The highest BCUT2D eigenvalue weighted by molar-refractivity contribution is 8.00. The summed E-state index contributed by atoms with van der Waals surface area (Å²) in [6.07, 6.45) is 1.73. The first-order valence-electron chi connectivity index (χ1n) is 10.6. The van der Waals surface area contributed by atoms with Crippen LogP contribution in [0.15, 0.2) is 77.7 Å². The number of piperidine rings is 1. The van der Waals surface area contributed by atoms with Gasteiger partial charge in [-0.2, -0.15) is 0 Å². The number of nitrogens with zero attached hydrogens (tertiary/aromatic N) is 1. The number of likely N-dealkylation sites (tertiary alicyclic amines) is 1. The Balaban J connectivity index is 1.17. The molecule has 1 saturated heterocycles. The largest absolute Gasteiger partial charge is 0.353 e. The van der Waals surface area contributed by atoms with Crippen LogP contribution in [0.3, 0.4) is 0 Å². The topological polar surface area (TPSA) is 61.4 Å². The maximum Gasteiger partial charge on any atom is 0.238 e. The summed E-state index contributed by atoms with van der Waals surface area (Å²) in [7, 11) is 0. The SMILES string of the molecule is O=C(CN1CCC(NC(=O)CSc2ccc3ccccc3c2)CC1)Nc1ccccc1. The molecular formula is C25H27N3O2S. The zero-order valence-electron chi connectivity index (χ0n) is 17.4. The number of fused-ring (bicyclic) bond motifs is 1. The average molecular weight is 434 g/mol. The summed E-state index contributed by atoms with van der Waals surface area (Å²) in [5.41, 5.74) is 0.818. The Morgan fingerprint density at radius 3 is 2.35 bits per heavy atom. The summed E-state index contributed by atoms with van der Waals surface area (Å²) >= 11 is 1.57. The Bertz CT molecular complexity index is 1030. The van der Waals surface area contributed by atoms with Crippen LogP contribution in [0.4, 0.5) is 5.69 Å². The minimum absolute atomic E-state index is 0.000436. The highest BCUT2D eigenvalue weighted by Crippen LogP contribution is 2.23.